The van der Waals surface area contributed by atoms with Gasteiger partial charge in [0, 0.05) is 43.9 Å². The maximum atomic E-state index is 13.0. The number of amides is 1. The number of piperidine rings is 1. The van der Waals surface area contributed by atoms with E-state index in [0.717, 1.165) is 55.1 Å². The molecule has 7 nitrogen and oxygen atoms in total. The van der Waals surface area contributed by atoms with Gasteiger partial charge in [0.2, 0.25) is 0 Å². The summed E-state index contributed by atoms with van der Waals surface area (Å²) < 4.78 is 8.03. The van der Waals surface area contributed by atoms with Crippen molar-refractivity contribution in [3.63, 3.8) is 0 Å². The Hall–Kier alpha value is -2.67. The van der Waals surface area contributed by atoms with Crippen molar-refractivity contribution in [3.05, 3.63) is 47.7 Å². The SMILES string of the molecule is CN1CCC[C@@H](c2nnc3n2CCN(C(=O)c2cc4ccccc4o2)CC3)C1. The highest BCUT2D eigenvalue weighted by atomic mass is 16.3. The fourth-order valence-electron chi connectivity index (χ4n) is 4.47. The van der Waals surface area contributed by atoms with Crippen molar-refractivity contribution in [2.45, 2.75) is 31.7 Å². The minimum atomic E-state index is -0.0474. The number of carbonyl (C=O) groups is 1. The Balaban J connectivity index is 1.34. The molecule has 2 aliphatic heterocycles. The monoisotopic (exact) mass is 379 g/mol. The van der Waals surface area contributed by atoms with E-state index >= 15 is 0 Å². The molecule has 1 fully saturated rings. The molecule has 7 heteroatoms. The van der Waals surface area contributed by atoms with Gasteiger partial charge in [0.05, 0.1) is 0 Å². The number of aromatic nitrogens is 3. The molecule has 4 heterocycles. The summed E-state index contributed by atoms with van der Waals surface area (Å²) in [6.45, 7) is 4.20. The van der Waals surface area contributed by atoms with E-state index < -0.39 is 0 Å². The van der Waals surface area contributed by atoms with Crippen molar-refractivity contribution in [2.24, 2.45) is 0 Å². The zero-order valence-corrected chi connectivity index (χ0v) is 16.2. The summed E-state index contributed by atoms with van der Waals surface area (Å²) in [5.74, 6) is 2.86. The van der Waals surface area contributed by atoms with Gasteiger partial charge in [0.15, 0.2) is 5.76 Å². The number of fused-ring (bicyclic) bond motifs is 2. The van der Waals surface area contributed by atoms with Gasteiger partial charge < -0.3 is 18.8 Å². The highest BCUT2D eigenvalue weighted by Crippen LogP contribution is 2.27. The zero-order chi connectivity index (χ0) is 19.1. The number of nitrogens with zero attached hydrogens (tertiary/aromatic N) is 5. The molecule has 146 valence electrons. The number of hydrogen-bond donors (Lipinski definition) is 0. The van der Waals surface area contributed by atoms with Gasteiger partial charge in [-0.05, 0) is 38.6 Å². The first-order valence-corrected chi connectivity index (χ1v) is 10.1. The molecule has 1 atom stereocenters. The van der Waals surface area contributed by atoms with Gasteiger partial charge in [-0.2, -0.15) is 0 Å². The average molecular weight is 379 g/mol. The number of para-hydroxylation sites is 1. The minimum absolute atomic E-state index is 0.0474. The lowest BCUT2D eigenvalue weighted by molar-refractivity contribution is 0.0729. The van der Waals surface area contributed by atoms with E-state index in [1.165, 1.54) is 6.42 Å². The Kier molecular flexibility index (Phi) is 4.39. The van der Waals surface area contributed by atoms with Gasteiger partial charge in [-0.1, -0.05) is 18.2 Å². The van der Waals surface area contributed by atoms with Gasteiger partial charge >= 0.3 is 0 Å². The molecule has 0 radical (unpaired) electrons. The second-order valence-corrected chi connectivity index (χ2v) is 7.92. The molecule has 0 unspecified atom stereocenters. The Morgan fingerprint density at radius 2 is 2.04 bits per heavy atom. The summed E-state index contributed by atoms with van der Waals surface area (Å²) >= 11 is 0. The molecule has 0 aliphatic carbocycles. The number of furan rings is 1. The van der Waals surface area contributed by atoms with Crippen molar-refractivity contribution in [3.8, 4) is 0 Å². The molecule has 0 N–H and O–H groups in total. The number of hydrogen-bond acceptors (Lipinski definition) is 5. The van der Waals surface area contributed by atoms with E-state index in [0.29, 0.717) is 24.8 Å². The van der Waals surface area contributed by atoms with Gasteiger partial charge in [-0.3, -0.25) is 4.79 Å². The molecule has 3 aromatic rings. The van der Waals surface area contributed by atoms with Gasteiger partial charge in [0.25, 0.3) is 5.91 Å². The van der Waals surface area contributed by atoms with Crippen molar-refractivity contribution in [1.82, 2.24) is 24.6 Å². The van der Waals surface area contributed by atoms with Gasteiger partial charge in [0.1, 0.15) is 17.2 Å². The van der Waals surface area contributed by atoms with Crippen molar-refractivity contribution >= 4 is 16.9 Å². The largest absolute Gasteiger partial charge is 0.451 e. The van der Waals surface area contributed by atoms with Crippen LogP contribution < -0.4 is 0 Å². The fourth-order valence-corrected chi connectivity index (χ4v) is 4.47. The lowest BCUT2D eigenvalue weighted by Crippen LogP contribution is -2.34. The first-order valence-electron chi connectivity index (χ1n) is 10.1. The smallest absolute Gasteiger partial charge is 0.289 e. The van der Waals surface area contributed by atoms with Crippen LogP contribution in [0.1, 0.15) is 41.0 Å². The van der Waals surface area contributed by atoms with E-state index in [1.807, 2.05) is 35.2 Å². The number of likely N-dealkylation sites (N-methyl/N-ethyl adjacent to an activating group) is 1. The Morgan fingerprint density at radius 3 is 2.89 bits per heavy atom. The number of rotatable bonds is 2. The van der Waals surface area contributed by atoms with Crippen LogP contribution in [0.4, 0.5) is 0 Å². The zero-order valence-electron chi connectivity index (χ0n) is 16.2. The topological polar surface area (TPSA) is 67.4 Å². The maximum Gasteiger partial charge on any atom is 0.289 e. The normalized spacial score (nSPS) is 20.9. The molecule has 0 spiro atoms. The fraction of sp³-hybridized carbons (Fsp3) is 0.476. The molecule has 28 heavy (non-hydrogen) atoms. The Labute approximate surface area is 163 Å². The van der Waals surface area contributed by atoms with Crippen LogP contribution in [0.25, 0.3) is 11.0 Å². The predicted molar refractivity (Wildman–Crippen MR) is 105 cm³/mol. The van der Waals surface area contributed by atoms with E-state index in [1.54, 1.807) is 0 Å². The summed E-state index contributed by atoms with van der Waals surface area (Å²) in [6, 6.07) is 9.57. The van der Waals surface area contributed by atoms with Crippen LogP contribution in [0.2, 0.25) is 0 Å². The predicted octanol–water partition coefficient (Wildman–Crippen LogP) is 2.53. The van der Waals surface area contributed by atoms with E-state index in [4.69, 9.17) is 4.42 Å². The third kappa shape index (κ3) is 3.09. The minimum Gasteiger partial charge on any atom is -0.451 e. The first-order chi connectivity index (χ1) is 13.7. The summed E-state index contributed by atoms with van der Waals surface area (Å²) in [5.41, 5.74) is 0.751. The highest BCUT2D eigenvalue weighted by molar-refractivity contribution is 5.96. The van der Waals surface area contributed by atoms with Crippen molar-refractivity contribution in [2.75, 3.05) is 33.2 Å². The van der Waals surface area contributed by atoms with Crippen LogP contribution >= 0.6 is 0 Å². The first kappa shape index (κ1) is 17.4. The van der Waals surface area contributed by atoms with Crippen LogP contribution in [0.3, 0.4) is 0 Å². The maximum absolute atomic E-state index is 13.0. The number of benzene rings is 1. The molecule has 0 saturated carbocycles. The Morgan fingerprint density at radius 1 is 1.14 bits per heavy atom. The summed E-state index contributed by atoms with van der Waals surface area (Å²) in [4.78, 5) is 17.2. The lowest BCUT2D eigenvalue weighted by Gasteiger charge is -2.29. The second kappa shape index (κ2) is 7.05. The van der Waals surface area contributed by atoms with Crippen LogP contribution in [0.15, 0.2) is 34.7 Å². The van der Waals surface area contributed by atoms with E-state index in [9.17, 15) is 4.79 Å². The van der Waals surface area contributed by atoms with Crippen LogP contribution in [-0.4, -0.2) is 63.7 Å². The molecule has 1 saturated heterocycles. The molecule has 1 amide bonds. The molecule has 5 rings (SSSR count). The standard InChI is InChI=1S/C21H25N5O2/c1-24-9-4-6-16(14-24)20-23-22-19-8-10-25(11-12-26(19)20)21(27)18-13-15-5-2-3-7-17(15)28-18/h2-3,5,7,13,16H,4,6,8-12,14H2,1H3/t16-/m1/s1. The van der Waals surface area contributed by atoms with Crippen LogP contribution in [0, 0.1) is 0 Å². The van der Waals surface area contributed by atoms with E-state index in [2.05, 4.69) is 26.7 Å². The van der Waals surface area contributed by atoms with E-state index in [-0.39, 0.29) is 5.91 Å². The third-order valence-electron chi connectivity index (χ3n) is 5.97. The molecule has 2 aromatic heterocycles. The van der Waals surface area contributed by atoms with Gasteiger partial charge in [-0.15, -0.1) is 10.2 Å². The van der Waals surface area contributed by atoms with Crippen molar-refractivity contribution < 1.29 is 9.21 Å². The second-order valence-electron chi connectivity index (χ2n) is 7.92. The van der Waals surface area contributed by atoms with Crippen molar-refractivity contribution in [1.29, 1.82) is 0 Å². The lowest BCUT2D eigenvalue weighted by atomic mass is 9.97. The number of carbonyl (C=O) groups excluding carboxylic acids is 1. The average Bonchev–Trinajstić information content (AvgIpc) is 3.26. The molecule has 1 aromatic carbocycles. The highest BCUT2D eigenvalue weighted by Gasteiger charge is 2.28. The molecule has 0 bridgehead atoms. The van der Waals surface area contributed by atoms with Crippen LogP contribution in [-0.2, 0) is 13.0 Å². The van der Waals surface area contributed by atoms with Crippen LogP contribution in [0.5, 0.6) is 0 Å². The quantitative estimate of drug-likeness (QED) is 0.684. The Bertz CT molecular complexity index is 974. The third-order valence-corrected chi connectivity index (χ3v) is 5.97. The van der Waals surface area contributed by atoms with Gasteiger partial charge in [-0.25, -0.2) is 0 Å². The molecule has 2 aliphatic rings. The summed E-state index contributed by atoms with van der Waals surface area (Å²) in [6.07, 6.45) is 3.08. The molecular weight excluding hydrogens is 354 g/mol. The molecular formula is C21H25N5O2. The number of likely N-dealkylation sites (tertiary alicyclic amines) is 1. The summed E-state index contributed by atoms with van der Waals surface area (Å²) in [5, 5.41) is 9.93. The summed E-state index contributed by atoms with van der Waals surface area (Å²) in [7, 11) is 2.17.